The molecule has 0 aliphatic heterocycles. The van der Waals surface area contributed by atoms with Crippen molar-refractivity contribution in [1.82, 2.24) is 5.32 Å². The maximum atomic E-state index is 12.5. The first-order chi connectivity index (χ1) is 14.3. The quantitative estimate of drug-likeness (QED) is 0.639. The summed E-state index contributed by atoms with van der Waals surface area (Å²) in [6.07, 6.45) is 4.66. The summed E-state index contributed by atoms with van der Waals surface area (Å²) in [4.78, 5) is 36.3. The monoisotopic (exact) mass is 415 g/mol. The third-order valence-electron chi connectivity index (χ3n) is 5.72. The predicted octanol–water partition coefficient (Wildman–Crippen LogP) is 3.51. The Morgan fingerprint density at radius 1 is 1.23 bits per heavy atom. The Labute approximate surface area is 175 Å². The molecule has 1 aliphatic rings. The van der Waals surface area contributed by atoms with Crippen molar-refractivity contribution in [1.29, 1.82) is 0 Å². The molecule has 7 heteroatoms. The average molecular weight is 415 g/mol. The summed E-state index contributed by atoms with van der Waals surface area (Å²) in [5, 5.41) is 12.8. The Morgan fingerprint density at radius 2 is 1.93 bits per heavy atom. The summed E-state index contributed by atoms with van der Waals surface area (Å²) >= 11 is 0. The first kappa shape index (κ1) is 21.9. The number of hydrogen-bond acceptors (Lipinski definition) is 5. The van der Waals surface area contributed by atoms with Crippen molar-refractivity contribution in [3.8, 4) is 5.75 Å². The number of fused-ring (bicyclic) bond motifs is 3. The molecule has 3 rings (SSSR count). The van der Waals surface area contributed by atoms with Crippen LogP contribution in [0.25, 0.3) is 11.0 Å². The molecule has 1 heterocycles. The number of carbonyl (C=O) groups excluding carboxylic acids is 1. The van der Waals surface area contributed by atoms with Crippen LogP contribution < -0.4 is 15.7 Å². The highest BCUT2D eigenvalue weighted by atomic mass is 16.5. The lowest BCUT2D eigenvalue weighted by molar-refractivity contribution is -0.143. The average Bonchev–Trinajstić information content (AvgIpc) is 2.73. The lowest BCUT2D eigenvalue weighted by Crippen LogP contribution is -2.46. The molecule has 7 nitrogen and oxygen atoms in total. The summed E-state index contributed by atoms with van der Waals surface area (Å²) in [5.74, 6) is -1.12. The molecule has 0 fully saturated rings. The number of amides is 1. The smallest absolute Gasteiger partial charge is 0.339 e. The van der Waals surface area contributed by atoms with Gasteiger partial charge in [0.2, 0.25) is 0 Å². The Balaban J connectivity index is 1.81. The topological polar surface area (TPSA) is 106 Å². The fourth-order valence-corrected chi connectivity index (χ4v) is 3.95. The molecule has 0 spiro atoms. The Hall–Kier alpha value is -2.83. The zero-order valence-corrected chi connectivity index (χ0v) is 17.7. The number of carbonyl (C=O) groups is 2. The van der Waals surface area contributed by atoms with Crippen LogP contribution in [0.15, 0.2) is 21.3 Å². The maximum absolute atomic E-state index is 12.5. The van der Waals surface area contributed by atoms with E-state index >= 15 is 0 Å². The highest BCUT2D eigenvalue weighted by molar-refractivity contribution is 5.88. The van der Waals surface area contributed by atoms with Crippen LogP contribution in [0.3, 0.4) is 0 Å². The van der Waals surface area contributed by atoms with E-state index in [4.69, 9.17) is 9.15 Å². The molecule has 1 aromatic carbocycles. The van der Waals surface area contributed by atoms with Gasteiger partial charge in [0.05, 0.1) is 0 Å². The molecule has 162 valence electrons. The Morgan fingerprint density at radius 3 is 2.60 bits per heavy atom. The van der Waals surface area contributed by atoms with Crippen molar-refractivity contribution in [2.75, 3.05) is 0 Å². The lowest BCUT2D eigenvalue weighted by atomic mass is 9.90. The minimum Gasteiger partial charge on any atom is -0.480 e. The second-order valence-electron chi connectivity index (χ2n) is 7.92. The molecule has 0 unspecified atom stereocenters. The van der Waals surface area contributed by atoms with Crippen molar-refractivity contribution in [2.24, 2.45) is 0 Å². The van der Waals surface area contributed by atoms with E-state index in [0.29, 0.717) is 29.7 Å². The van der Waals surface area contributed by atoms with Crippen LogP contribution in [-0.4, -0.2) is 29.1 Å². The minimum atomic E-state index is -1.06. The number of benzene rings is 1. The molecule has 2 aromatic rings. The second kappa shape index (κ2) is 9.32. The third kappa shape index (κ3) is 4.50. The summed E-state index contributed by atoms with van der Waals surface area (Å²) in [7, 11) is 0. The van der Waals surface area contributed by atoms with E-state index in [0.717, 1.165) is 48.6 Å². The van der Waals surface area contributed by atoms with Crippen molar-refractivity contribution >= 4 is 22.8 Å². The zero-order chi connectivity index (χ0) is 21.8. The van der Waals surface area contributed by atoms with E-state index in [9.17, 15) is 19.5 Å². The van der Waals surface area contributed by atoms with Gasteiger partial charge in [-0.05, 0) is 63.6 Å². The first-order valence-electron chi connectivity index (χ1n) is 10.6. The normalized spacial score (nSPS) is 15.3. The van der Waals surface area contributed by atoms with Crippen LogP contribution in [0.5, 0.6) is 5.75 Å². The standard InChI is InChI=1S/C23H29NO6/c1-4-5-10-18(22(26)27)24-21(25)14(3)29-19-12-11-16-15-8-6-7-9-17(15)23(28)30-20(16)13(19)2/h11-12,14,18H,4-10H2,1-3H3,(H,24,25)(H,26,27)/t14-,18+/m0/s1. The molecular weight excluding hydrogens is 386 g/mol. The largest absolute Gasteiger partial charge is 0.480 e. The van der Waals surface area contributed by atoms with Crippen LogP contribution in [0.1, 0.15) is 62.6 Å². The van der Waals surface area contributed by atoms with E-state index in [-0.39, 0.29) is 5.63 Å². The number of carboxylic acid groups (broad SMARTS) is 1. The Kier molecular flexibility index (Phi) is 6.80. The van der Waals surface area contributed by atoms with Gasteiger partial charge in [-0.1, -0.05) is 19.8 Å². The number of ether oxygens (including phenoxy) is 1. The molecule has 2 N–H and O–H groups in total. The van der Waals surface area contributed by atoms with Gasteiger partial charge in [-0.15, -0.1) is 0 Å². The molecule has 0 bridgehead atoms. The van der Waals surface area contributed by atoms with Gasteiger partial charge < -0.3 is 19.6 Å². The summed E-state index contributed by atoms with van der Waals surface area (Å²) < 4.78 is 11.4. The maximum Gasteiger partial charge on any atom is 0.339 e. The molecule has 0 saturated carbocycles. The number of carboxylic acids is 1. The van der Waals surface area contributed by atoms with Crippen LogP contribution in [0, 0.1) is 6.92 Å². The van der Waals surface area contributed by atoms with E-state index in [2.05, 4.69) is 5.32 Å². The number of rotatable bonds is 8. The summed E-state index contributed by atoms with van der Waals surface area (Å²) in [6, 6.07) is 2.71. The molecule has 1 aliphatic carbocycles. The van der Waals surface area contributed by atoms with Gasteiger partial charge in [0.15, 0.2) is 6.10 Å². The first-order valence-corrected chi connectivity index (χ1v) is 10.6. The molecule has 30 heavy (non-hydrogen) atoms. The molecule has 0 saturated heterocycles. The van der Waals surface area contributed by atoms with Gasteiger partial charge in [-0.2, -0.15) is 0 Å². The van der Waals surface area contributed by atoms with Gasteiger partial charge >= 0.3 is 11.6 Å². The van der Waals surface area contributed by atoms with E-state index in [1.54, 1.807) is 19.9 Å². The number of hydrogen-bond donors (Lipinski definition) is 2. The van der Waals surface area contributed by atoms with Crippen molar-refractivity contribution in [2.45, 2.75) is 77.9 Å². The molecular formula is C23H29NO6. The third-order valence-corrected chi connectivity index (χ3v) is 5.72. The van der Waals surface area contributed by atoms with E-state index in [1.165, 1.54) is 0 Å². The zero-order valence-electron chi connectivity index (χ0n) is 17.7. The molecule has 0 radical (unpaired) electrons. The van der Waals surface area contributed by atoms with Crippen molar-refractivity contribution in [3.05, 3.63) is 39.2 Å². The van der Waals surface area contributed by atoms with E-state index < -0.39 is 24.0 Å². The predicted molar refractivity (Wildman–Crippen MR) is 113 cm³/mol. The highest BCUT2D eigenvalue weighted by Gasteiger charge is 2.25. The highest BCUT2D eigenvalue weighted by Crippen LogP contribution is 2.32. The van der Waals surface area contributed by atoms with Gasteiger partial charge in [0.1, 0.15) is 17.4 Å². The fraction of sp³-hybridized carbons (Fsp3) is 0.522. The molecule has 1 amide bonds. The van der Waals surface area contributed by atoms with Crippen LogP contribution in [-0.2, 0) is 22.4 Å². The Bertz CT molecular complexity index is 1010. The summed E-state index contributed by atoms with van der Waals surface area (Å²) in [5.41, 5.74) is 2.65. The SMILES string of the molecule is CCCC[C@@H](NC(=O)[C@H](C)Oc1ccc2c3c(c(=O)oc2c1C)CCCC3)C(=O)O. The van der Waals surface area contributed by atoms with E-state index in [1.807, 2.05) is 13.0 Å². The van der Waals surface area contributed by atoms with Crippen LogP contribution >= 0.6 is 0 Å². The van der Waals surface area contributed by atoms with Gasteiger partial charge in [0, 0.05) is 16.5 Å². The lowest BCUT2D eigenvalue weighted by Gasteiger charge is -2.21. The summed E-state index contributed by atoms with van der Waals surface area (Å²) in [6.45, 7) is 5.33. The van der Waals surface area contributed by atoms with Crippen molar-refractivity contribution < 1.29 is 23.8 Å². The van der Waals surface area contributed by atoms with Gasteiger partial charge in [-0.25, -0.2) is 9.59 Å². The fourth-order valence-electron chi connectivity index (χ4n) is 3.95. The van der Waals surface area contributed by atoms with Crippen molar-refractivity contribution in [3.63, 3.8) is 0 Å². The van der Waals surface area contributed by atoms with Crippen LogP contribution in [0.2, 0.25) is 0 Å². The van der Waals surface area contributed by atoms with Gasteiger partial charge in [-0.3, -0.25) is 4.79 Å². The number of aryl methyl sites for hydroxylation is 2. The molecule has 1 aromatic heterocycles. The molecule has 2 atom stereocenters. The minimum absolute atomic E-state index is 0.302. The van der Waals surface area contributed by atoms with Crippen LogP contribution in [0.4, 0.5) is 0 Å². The number of unbranched alkanes of at least 4 members (excludes halogenated alkanes) is 1. The second-order valence-corrected chi connectivity index (χ2v) is 7.92. The number of aliphatic carboxylic acids is 1. The number of nitrogens with one attached hydrogen (secondary N) is 1. The van der Waals surface area contributed by atoms with Gasteiger partial charge in [0.25, 0.3) is 5.91 Å².